The van der Waals surface area contributed by atoms with Gasteiger partial charge in [-0.2, -0.15) is 18.4 Å². The van der Waals surface area contributed by atoms with E-state index in [1.807, 2.05) is 13.0 Å². The summed E-state index contributed by atoms with van der Waals surface area (Å²) < 4.78 is 37.9. The average Bonchev–Trinajstić information content (AvgIpc) is 2.73. The molecule has 1 N–H and O–H groups in total. The SMILES string of the molecule is Cc1cc(C#N)cnc1-c1ccc2c(Nc3cnc(C(F)(F)F)cn3)ccnc2n1. The Hall–Kier alpha value is -4.13. The predicted molar refractivity (Wildman–Crippen MR) is 103 cm³/mol. The number of nitrogens with one attached hydrogen (secondary N) is 1. The summed E-state index contributed by atoms with van der Waals surface area (Å²) in [6.07, 6.45) is 0.135. The quantitative estimate of drug-likeness (QED) is 0.536. The van der Waals surface area contributed by atoms with Gasteiger partial charge in [0.2, 0.25) is 0 Å². The molecule has 0 amide bonds. The fraction of sp³-hybridized carbons (Fsp3) is 0.100. The zero-order chi connectivity index (χ0) is 21.3. The summed E-state index contributed by atoms with van der Waals surface area (Å²) in [7, 11) is 0. The Morgan fingerprint density at radius 1 is 1.00 bits per heavy atom. The predicted octanol–water partition coefficient (Wildman–Crippen LogP) is 4.42. The van der Waals surface area contributed by atoms with Crippen LogP contribution in [0.2, 0.25) is 0 Å². The molecule has 0 atom stereocenters. The molecular formula is C20H12F3N7. The van der Waals surface area contributed by atoms with E-state index >= 15 is 0 Å². The normalized spacial score (nSPS) is 11.3. The average molecular weight is 407 g/mol. The highest BCUT2D eigenvalue weighted by Crippen LogP contribution is 2.29. The molecule has 0 radical (unpaired) electrons. The van der Waals surface area contributed by atoms with Gasteiger partial charge in [0.25, 0.3) is 0 Å². The first-order valence-corrected chi connectivity index (χ1v) is 8.64. The zero-order valence-electron chi connectivity index (χ0n) is 15.4. The van der Waals surface area contributed by atoms with Crippen molar-refractivity contribution in [2.24, 2.45) is 0 Å². The van der Waals surface area contributed by atoms with Gasteiger partial charge in [0.15, 0.2) is 11.3 Å². The van der Waals surface area contributed by atoms with Crippen molar-refractivity contribution < 1.29 is 13.2 Å². The minimum atomic E-state index is -4.55. The van der Waals surface area contributed by atoms with Crippen LogP contribution in [0.3, 0.4) is 0 Å². The Bertz CT molecular complexity index is 1280. The molecule has 0 aromatic carbocycles. The number of alkyl halides is 3. The first-order valence-electron chi connectivity index (χ1n) is 8.64. The number of nitrogens with zero attached hydrogens (tertiary/aromatic N) is 6. The monoisotopic (exact) mass is 407 g/mol. The molecule has 4 aromatic heterocycles. The van der Waals surface area contributed by atoms with Gasteiger partial charge in [-0.1, -0.05) is 0 Å². The van der Waals surface area contributed by atoms with E-state index in [0.717, 1.165) is 11.8 Å². The molecule has 30 heavy (non-hydrogen) atoms. The van der Waals surface area contributed by atoms with Crippen molar-refractivity contribution in [2.45, 2.75) is 13.1 Å². The first-order chi connectivity index (χ1) is 14.3. The second-order valence-electron chi connectivity index (χ2n) is 6.34. The van der Waals surface area contributed by atoms with E-state index in [9.17, 15) is 13.2 Å². The van der Waals surface area contributed by atoms with Gasteiger partial charge in [-0.05, 0) is 36.8 Å². The van der Waals surface area contributed by atoms with Gasteiger partial charge in [-0.3, -0.25) is 4.98 Å². The number of hydrogen-bond donors (Lipinski definition) is 1. The summed E-state index contributed by atoms with van der Waals surface area (Å²) in [6, 6.07) is 8.97. The Balaban J connectivity index is 1.67. The number of hydrogen-bond acceptors (Lipinski definition) is 7. The second-order valence-corrected chi connectivity index (χ2v) is 6.34. The molecule has 0 aliphatic rings. The fourth-order valence-electron chi connectivity index (χ4n) is 2.85. The lowest BCUT2D eigenvalue weighted by atomic mass is 10.1. The van der Waals surface area contributed by atoms with E-state index in [4.69, 9.17) is 5.26 Å². The van der Waals surface area contributed by atoms with Gasteiger partial charge >= 0.3 is 6.18 Å². The topological polar surface area (TPSA) is 100 Å². The van der Waals surface area contributed by atoms with Crippen LogP contribution >= 0.6 is 0 Å². The largest absolute Gasteiger partial charge is 0.434 e. The lowest BCUT2D eigenvalue weighted by Gasteiger charge is -2.11. The summed E-state index contributed by atoms with van der Waals surface area (Å²) >= 11 is 0. The minimum absolute atomic E-state index is 0.157. The van der Waals surface area contributed by atoms with Crippen molar-refractivity contribution in [1.29, 1.82) is 5.26 Å². The van der Waals surface area contributed by atoms with Crippen molar-refractivity contribution in [3.63, 3.8) is 0 Å². The molecule has 7 nitrogen and oxygen atoms in total. The minimum Gasteiger partial charge on any atom is -0.338 e. The standard InChI is InChI=1S/C20H12F3N7/c1-11-6-12(7-24)8-28-18(11)15-3-2-13-14(4-5-25-19(13)30-15)29-17-10-26-16(9-27-17)20(21,22)23/h2-6,8-10H,1H3,(H,25,27,29,30). The molecular weight excluding hydrogens is 395 g/mol. The highest BCUT2D eigenvalue weighted by atomic mass is 19.4. The van der Waals surface area contributed by atoms with Crippen LogP contribution in [0.4, 0.5) is 24.7 Å². The Morgan fingerprint density at radius 3 is 2.50 bits per heavy atom. The molecule has 0 saturated carbocycles. The van der Waals surface area contributed by atoms with Gasteiger partial charge in [-0.15, -0.1) is 0 Å². The maximum atomic E-state index is 12.6. The Labute approximate surface area is 168 Å². The lowest BCUT2D eigenvalue weighted by molar-refractivity contribution is -0.141. The second kappa shape index (κ2) is 7.36. The molecule has 0 bridgehead atoms. The molecule has 0 saturated heterocycles. The van der Waals surface area contributed by atoms with Crippen LogP contribution in [-0.2, 0) is 6.18 Å². The third-order valence-electron chi connectivity index (χ3n) is 4.26. The maximum Gasteiger partial charge on any atom is 0.434 e. The maximum absolute atomic E-state index is 12.6. The van der Waals surface area contributed by atoms with Crippen LogP contribution in [0.1, 0.15) is 16.8 Å². The van der Waals surface area contributed by atoms with Crippen LogP contribution in [-0.4, -0.2) is 24.9 Å². The molecule has 4 heterocycles. The van der Waals surface area contributed by atoms with E-state index in [0.29, 0.717) is 39.9 Å². The first kappa shape index (κ1) is 19.2. The lowest BCUT2D eigenvalue weighted by Crippen LogP contribution is -2.09. The molecule has 4 aromatic rings. The smallest absolute Gasteiger partial charge is 0.338 e. The fourth-order valence-corrected chi connectivity index (χ4v) is 2.85. The van der Waals surface area contributed by atoms with Crippen LogP contribution in [0.5, 0.6) is 0 Å². The molecule has 4 rings (SSSR count). The van der Waals surface area contributed by atoms with E-state index in [1.165, 1.54) is 12.4 Å². The number of pyridine rings is 3. The Kier molecular flexibility index (Phi) is 4.71. The summed E-state index contributed by atoms with van der Waals surface area (Å²) in [6.45, 7) is 1.84. The number of fused-ring (bicyclic) bond motifs is 1. The van der Waals surface area contributed by atoms with Gasteiger partial charge in [0.1, 0.15) is 11.9 Å². The summed E-state index contributed by atoms with van der Waals surface area (Å²) in [5.41, 5.74) is 2.40. The van der Waals surface area contributed by atoms with Crippen LogP contribution in [0, 0.1) is 18.3 Å². The third kappa shape index (κ3) is 3.73. The van der Waals surface area contributed by atoms with Crippen molar-refractivity contribution in [1.82, 2.24) is 24.9 Å². The van der Waals surface area contributed by atoms with Gasteiger partial charge < -0.3 is 5.32 Å². The highest BCUT2D eigenvalue weighted by Gasteiger charge is 2.32. The third-order valence-corrected chi connectivity index (χ3v) is 4.26. The van der Waals surface area contributed by atoms with Crippen molar-refractivity contribution >= 4 is 22.5 Å². The summed E-state index contributed by atoms with van der Waals surface area (Å²) in [5, 5.41) is 12.6. The van der Waals surface area contributed by atoms with E-state index < -0.39 is 11.9 Å². The molecule has 0 spiro atoms. The van der Waals surface area contributed by atoms with Crippen LogP contribution in [0.25, 0.3) is 22.4 Å². The van der Waals surface area contributed by atoms with Crippen LogP contribution < -0.4 is 5.32 Å². The van der Waals surface area contributed by atoms with Crippen molar-refractivity contribution in [3.05, 3.63) is 65.9 Å². The number of anilines is 2. The van der Waals surface area contributed by atoms with E-state index in [-0.39, 0.29) is 5.82 Å². The molecule has 148 valence electrons. The highest BCUT2D eigenvalue weighted by molar-refractivity contribution is 5.91. The molecule has 0 unspecified atom stereocenters. The van der Waals surface area contributed by atoms with Crippen molar-refractivity contribution in [2.75, 3.05) is 5.32 Å². The molecule has 0 aliphatic heterocycles. The Morgan fingerprint density at radius 2 is 1.83 bits per heavy atom. The van der Waals surface area contributed by atoms with E-state index in [2.05, 4.69) is 30.2 Å². The van der Waals surface area contributed by atoms with Gasteiger partial charge in [-0.25, -0.2) is 19.9 Å². The molecule has 10 heteroatoms. The number of aromatic nitrogens is 5. The molecule has 0 fully saturated rings. The number of halogens is 3. The van der Waals surface area contributed by atoms with Crippen LogP contribution in [0.15, 0.2) is 49.1 Å². The number of nitriles is 1. The van der Waals surface area contributed by atoms with Gasteiger partial charge in [0.05, 0.1) is 35.0 Å². The summed E-state index contributed by atoms with van der Waals surface area (Å²) in [5.74, 6) is 0.157. The van der Waals surface area contributed by atoms with E-state index in [1.54, 1.807) is 24.3 Å². The number of rotatable bonds is 3. The van der Waals surface area contributed by atoms with Gasteiger partial charge in [0, 0.05) is 17.8 Å². The zero-order valence-corrected chi connectivity index (χ0v) is 15.4. The summed E-state index contributed by atoms with van der Waals surface area (Å²) in [4.78, 5) is 20.3. The number of aryl methyl sites for hydroxylation is 1. The van der Waals surface area contributed by atoms with Crippen molar-refractivity contribution in [3.8, 4) is 17.5 Å². The molecule has 0 aliphatic carbocycles.